The van der Waals surface area contributed by atoms with Crippen molar-refractivity contribution < 1.29 is 4.74 Å². The van der Waals surface area contributed by atoms with E-state index in [1.54, 1.807) is 0 Å². The summed E-state index contributed by atoms with van der Waals surface area (Å²) in [6, 6.07) is 18.5. The SMILES string of the molecule is CCCN(CCC)CCNc1ccccc1OCc1ccccc1. The van der Waals surface area contributed by atoms with Crippen LogP contribution >= 0.6 is 0 Å². The molecule has 3 heteroatoms. The average molecular weight is 326 g/mol. The standard InChI is InChI=1S/C21H30N2O/c1-3-15-23(16-4-2)17-14-22-20-12-8-9-13-21(20)24-18-19-10-6-5-7-11-19/h5-13,22H,3-4,14-18H2,1-2H3. The maximum atomic E-state index is 6.00. The topological polar surface area (TPSA) is 24.5 Å². The summed E-state index contributed by atoms with van der Waals surface area (Å²) >= 11 is 0. The molecule has 0 saturated carbocycles. The predicted molar refractivity (Wildman–Crippen MR) is 103 cm³/mol. The van der Waals surface area contributed by atoms with Gasteiger partial charge in [0.05, 0.1) is 5.69 Å². The third kappa shape index (κ3) is 6.25. The Bertz CT molecular complexity index is 565. The van der Waals surface area contributed by atoms with E-state index in [1.165, 1.54) is 31.5 Å². The molecule has 0 aliphatic carbocycles. The maximum Gasteiger partial charge on any atom is 0.142 e. The Labute approximate surface area is 146 Å². The van der Waals surface area contributed by atoms with E-state index in [-0.39, 0.29) is 0 Å². The largest absolute Gasteiger partial charge is 0.487 e. The number of benzene rings is 2. The predicted octanol–water partition coefficient (Wildman–Crippen LogP) is 4.80. The van der Waals surface area contributed by atoms with Crippen LogP contribution in [0, 0.1) is 0 Å². The lowest BCUT2D eigenvalue weighted by molar-refractivity contribution is 0.284. The van der Waals surface area contributed by atoms with Crippen LogP contribution in [0.3, 0.4) is 0 Å². The van der Waals surface area contributed by atoms with E-state index in [1.807, 2.05) is 36.4 Å². The van der Waals surface area contributed by atoms with Crippen LogP contribution in [0.25, 0.3) is 0 Å². The lowest BCUT2D eigenvalue weighted by Crippen LogP contribution is -2.30. The molecule has 0 aliphatic heterocycles. The van der Waals surface area contributed by atoms with E-state index in [4.69, 9.17) is 4.74 Å². The number of ether oxygens (including phenoxy) is 1. The molecule has 0 fully saturated rings. The number of hydrogen-bond donors (Lipinski definition) is 1. The van der Waals surface area contributed by atoms with E-state index in [0.29, 0.717) is 6.61 Å². The second-order valence-electron chi connectivity index (χ2n) is 6.04. The number of rotatable bonds is 11. The molecule has 0 aliphatic rings. The van der Waals surface area contributed by atoms with Gasteiger partial charge < -0.3 is 15.0 Å². The zero-order valence-corrected chi connectivity index (χ0v) is 15.0. The quantitative estimate of drug-likeness (QED) is 0.642. The van der Waals surface area contributed by atoms with Crippen LogP contribution in [-0.4, -0.2) is 31.1 Å². The van der Waals surface area contributed by atoms with Crippen molar-refractivity contribution in [2.24, 2.45) is 0 Å². The highest BCUT2D eigenvalue weighted by Gasteiger charge is 2.05. The van der Waals surface area contributed by atoms with Gasteiger partial charge in [0.1, 0.15) is 12.4 Å². The zero-order valence-electron chi connectivity index (χ0n) is 15.0. The molecular formula is C21H30N2O. The highest BCUT2D eigenvalue weighted by atomic mass is 16.5. The number of para-hydroxylation sites is 2. The van der Waals surface area contributed by atoms with Crippen LogP contribution in [0.4, 0.5) is 5.69 Å². The van der Waals surface area contributed by atoms with Gasteiger partial charge in [-0.05, 0) is 43.6 Å². The fourth-order valence-electron chi connectivity index (χ4n) is 2.79. The third-order valence-corrected chi connectivity index (χ3v) is 3.95. The molecule has 2 aromatic carbocycles. The summed E-state index contributed by atoms with van der Waals surface area (Å²) in [7, 11) is 0. The summed E-state index contributed by atoms with van der Waals surface area (Å²) < 4.78 is 6.00. The summed E-state index contributed by atoms with van der Waals surface area (Å²) in [4.78, 5) is 2.51. The first kappa shape index (κ1) is 18.3. The fraction of sp³-hybridized carbons (Fsp3) is 0.429. The second-order valence-corrected chi connectivity index (χ2v) is 6.04. The number of hydrogen-bond acceptors (Lipinski definition) is 3. The molecule has 1 N–H and O–H groups in total. The molecule has 0 saturated heterocycles. The molecule has 0 spiro atoms. The third-order valence-electron chi connectivity index (χ3n) is 3.95. The minimum absolute atomic E-state index is 0.595. The first-order chi connectivity index (χ1) is 11.8. The second kappa shape index (κ2) is 10.7. The van der Waals surface area contributed by atoms with Crippen LogP contribution in [0.2, 0.25) is 0 Å². The molecule has 2 aromatic rings. The first-order valence-electron chi connectivity index (χ1n) is 9.05. The molecule has 0 bridgehead atoms. The normalized spacial score (nSPS) is 10.8. The number of anilines is 1. The number of nitrogens with one attached hydrogen (secondary N) is 1. The van der Waals surface area contributed by atoms with Crippen molar-refractivity contribution in [3.8, 4) is 5.75 Å². The highest BCUT2D eigenvalue weighted by Crippen LogP contribution is 2.24. The average Bonchev–Trinajstić information content (AvgIpc) is 2.62. The van der Waals surface area contributed by atoms with Gasteiger partial charge in [-0.1, -0.05) is 56.3 Å². The molecule has 0 atom stereocenters. The van der Waals surface area contributed by atoms with Gasteiger partial charge in [0.25, 0.3) is 0 Å². The summed E-state index contributed by atoms with van der Waals surface area (Å²) in [6.07, 6.45) is 2.41. The van der Waals surface area contributed by atoms with Crippen molar-refractivity contribution in [2.75, 3.05) is 31.5 Å². The highest BCUT2D eigenvalue weighted by molar-refractivity contribution is 5.56. The van der Waals surface area contributed by atoms with Gasteiger partial charge in [-0.3, -0.25) is 0 Å². The Balaban J connectivity index is 1.86. The Morgan fingerprint density at radius 2 is 1.50 bits per heavy atom. The monoisotopic (exact) mass is 326 g/mol. The van der Waals surface area contributed by atoms with Crippen LogP contribution in [0.1, 0.15) is 32.3 Å². The molecule has 2 rings (SSSR count). The Morgan fingerprint density at radius 3 is 2.21 bits per heavy atom. The van der Waals surface area contributed by atoms with Crippen molar-refractivity contribution in [3.63, 3.8) is 0 Å². The van der Waals surface area contributed by atoms with E-state index < -0.39 is 0 Å². The fourth-order valence-corrected chi connectivity index (χ4v) is 2.79. The molecule has 24 heavy (non-hydrogen) atoms. The van der Waals surface area contributed by atoms with Gasteiger partial charge >= 0.3 is 0 Å². The van der Waals surface area contributed by atoms with Crippen molar-refractivity contribution in [2.45, 2.75) is 33.3 Å². The molecule has 3 nitrogen and oxygen atoms in total. The number of nitrogens with zero attached hydrogens (tertiary/aromatic N) is 1. The van der Waals surface area contributed by atoms with E-state index in [9.17, 15) is 0 Å². The molecular weight excluding hydrogens is 296 g/mol. The van der Waals surface area contributed by atoms with Crippen molar-refractivity contribution >= 4 is 5.69 Å². The van der Waals surface area contributed by atoms with Gasteiger partial charge in [0, 0.05) is 13.1 Å². The van der Waals surface area contributed by atoms with Gasteiger partial charge in [0.15, 0.2) is 0 Å². The minimum atomic E-state index is 0.595. The molecule has 0 radical (unpaired) electrons. The van der Waals surface area contributed by atoms with Crippen LogP contribution in [0.15, 0.2) is 54.6 Å². The van der Waals surface area contributed by atoms with Crippen molar-refractivity contribution in [3.05, 3.63) is 60.2 Å². The van der Waals surface area contributed by atoms with Gasteiger partial charge in [-0.15, -0.1) is 0 Å². The van der Waals surface area contributed by atoms with Crippen LogP contribution in [0.5, 0.6) is 5.75 Å². The van der Waals surface area contributed by atoms with Gasteiger partial charge in [0.2, 0.25) is 0 Å². The molecule has 0 aromatic heterocycles. The maximum absolute atomic E-state index is 6.00. The van der Waals surface area contributed by atoms with E-state index in [0.717, 1.165) is 24.5 Å². The van der Waals surface area contributed by atoms with Crippen LogP contribution < -0.4 is 10.1 Å². The smallest absolute Gasteiger partial charge is 0.142 e. The molecule has 130 valence electrons. The summed E-state index contributed by atoms with van der Waals surface area (Å²) in [5.74, 6) is 0.916. The summed E-state index contributed by atoms with van der Waals surface area (Å²) in [5.41, 5.74) is 2.26. The summed E-state index contributed by atoms with van der Waals surface area (Å²) in [5, 5.41) is 3.53. The Morgan fingerprint density at radius 1 is 0.833 bits per heavy atom. The molecule has 0 amide bonds. The lowest BCUT2D eigenvalue weighted by Gasteiger charge is -2.21. The van der Waals surface area contributed by atoms with E-state index in [2.05, 4.69) is 42.3 Å². The molecule has 0 unspecified atom stereocenters. The van der Waals surface area contributed by atoms with Crippen molar-refractivity contribution in [1.82, 2.24) is 4.90 Å². The minimum Gasteiger partial charge on any atom is -0.487 e. The van der Waals surface area contributed by atoms with Crippen LogP contribution in [-0.2, 0) is 6.61 Å². The van der Waals surface area contributed by atoms with Crippen molar-refractivity contribution in [1.29, 1.82) is 0 Å². The van der Waals surface area contributed by atoms with E-state index >= 15 is 0 Å². The van der Waals surface area contributed by atoms with Gasteiger partial charge in [-0.25, -0.2) is 0 Å². The molecule has 0 heterocycles. The Kier molecular flexibility index (Phi) is 8.19. The summed E-state index contributed by atoms with van der Waals surface area (Å²) in [6.45, 7) is 9.41. The zero-order chi connectivity index (χ0) is 17.0. The van der Waals surface area contributed by atoms with Gasteiger partial charge in [-0.2, -0.15) is 0 Å². The lowest BCUT2D eigenvalue weighted by atomic mass is 10.2. The first-order valence-corrected chi connectivity index (χ1v) is 9.05. The Hall–Kier alpha value is -2.00.